The molecule has 1 aromatic heterocycles. The second-order valence-electron chi connectivity index (χ2n) is 7.51. The zero-order valence-electron chi connectivity index (χ0n) is 16.1. The van der Waals surface area contributed by atoms with E-state index in [1.54, 1.807) is 18.3 Å². The van der Waals surface area contributed by atoms with E-state index in [-0.39, 0.29) is 5.92 Å². The molecule has 1 saturated heterocycles. The van der Waals surface area contributed by atoms with E-state index in [2.05, 4.69) is 9.88 Å². The number of rotatable bonds is 6. The van der Waals surface area contributed by atoms with Gasteiger partial charge >= 0.3 is 5.97 Å². The molecule has 29 heavy (non-hydrogen) atoms. The van der Waals surface area contributed by atoms with Crippen molar-refractivity contribution in [2.75, 3.05) is 13.1 Å². The average molecular weight is 411 g/mol. The van der Waals surface area contributed by atoms with Gasteiger partial charge in [-0.3, -0.25) is 4.90 Å². The minimum Gasteiger partial charge on any atom is -0.478 e. The van der Waals surface area contributed by atoms with Crippen molar-refractivity contribution in [3.8, 4) is 0 Å². The number of oxazole rings is 1. The van der Waals surface area contributed by atoms with Crippen molar-refractivity contribution < 1.29 is 14.3 Å². The van der Waals surface area contributed by atoms with E-state index in [4.69, 9.17) is 16.0 Å². The van der Waals surface area contributed by atoms with Crippen LogP contribution in [0.4, 0.5) is 0 Å². The topological polar surface area (TPSA) is 66.6 Å². The molecule has 0 spiro atoms. The third kappa shape index (κ3) is 4.86. The first-order valence-electron chi connectivity index (χ1n) is 9.81. The SMILES string of the molecule is O=C(O)c1ccccc1CN1CCC[C@H](c2ncc(Cc3cccc(Cl)c3)o2)C1. The highest BCUT2D eigenvalue weighted by molar-refractivity contribution is 6.30. The van der Waals surface area contributed by atoms with Gasteiger partial charge in [0, 0.05) is 30.5 Å². The number of piperidine rings is 1. The molecule has 1 fully saturated rings. The molecule has 0 aliphatic carbocycles. The van der Waals surface area contributed by atoms with Crippen LogP contribution < -0.4 is 0 Å². The van der Waals surface area contributed by atoms with Gasteiger partial charge in [-0.2, -0.15) is 0 Å². The summed E-state index contributed by atoms with van der Waals surface area (Å²) in [4.78, 5) is 18.3. The van der Waals surface area contributed by atoms with Crippen LogP contribution in [0, 0.1) is 0 Å². The van der Waals surface area contributed by atoms with Crippen molar-refractivity contribution in [3.05, 3.63) is 88.1 Å². The lowest BCUT2D eigenvalue weighted by atomic mass is 9.97. The largest absolute Gasteiger partial charge is 0.478 e. The van der Waals surface area contributed by atoms with Gasteiger partial charge in [-0.1, -0.05) is 41.9 Å². The molecule has 2 aromatic carbocycles. The normalized spacial score (nSPS) is 17.3. The molecule has 0 saturated carbocycles. The number of hydrogen-bond donors (Lipinski definition) is 1. The fourth-order valence-electron chi connectivity index (χ4n) is 3.95. The maximum Gasteiger partial charge on any atom is 0.336 e. The number of aromatic carboxylic acids is 1. The predicted octanol–water partition coefficient (Wildman–Crippen LogP) is 5.00. The standard InChI is InChI=1S/C23H23ClN2O3/c24-19-8-3-5-16(11-19)12-20-13-25-22(29-20)18-7-4-10-26(15-18)14-17-6-1-2-9-21(17)23(27)28/h1-3,5-6,8-9,11,13,18H,4,7,10,12,14-15H2,(H,27,28)/t18-/m0/s1. The Bertz CT molecular complexity index is 1000. The van der Waals surface area contributed by atoms with Gasteiger partial charge in [0.25, 0.3) is 0 Å². The van der Waals surface area contributed by atoms with Crippen molar-refractivity contribution in [2.24, 2.45) is 0 Å². The fraction of sp³-hybridized carbons (Fsp3) is 0.304. The predicted molar refractivity (Wildman–Crippen MR) is 111 cm³/mol. The highest BCUT2D eigenvalue weighted by atomic mass is 35.5. The van der Waals surface area contributed by atoms with Crippen LogP contribution >= 0.6 is 11.6 Å². The van der Waals surface area contributed by atoms with E-state index in [1.807, 2.05) is 36.4 Å². The number of halogens is 1. The van der Waals surface area contributed by atoms with Gasteiger partial charge in [-0.15, -0.1) is 0 Å². The van der Waals surface area contributed by atoms with Gasteiger partial charge in [0.1, 0.15) is 5.76 Å². The average Bonchev–Trinajstić information content (AvgIpc) is 3.17. The number of hydrogen-bond acceptors (Lipinski definition) is 4. The highest BCUT2D eigenvalue weighted by Gasteiger charge is 2.26. The molecule has 2 heterocycles. The summed E-state index contributed by atoms with van der Waals surface area (Å²) in [7, 11) is 0. The van der Waals surface area contributed by atoms with Crippen molar-refractivity contribution >= 4 is 17.6 Å². The summed E-state index contributed by atoms with van der Waals surface area (Å²) >= 11 is 6.06. The van der Waals surface area contributed by atoms with Crippen LogP contribution in [0.5, 0.6) is 0 Å². The molecule has 1 N–H and O–H groups in total. The molecule has 4 rings (SSSR count). The van der Waals surface area contributed by atoms with Gasteiger partial charge < -0.3 is 9.52 Å². The summed E-state index contributed by atoms with van der Waals surface area (Å²) in [6.07, 6.45) is 4.52. The molecular weight excluding hydrogens is 388 g/mol. The van der Waals surface area contributed by atoms with E-state index in [0.29, 0.717) is 23.6 Å². The van der Waals surface area contributed by atoms with Crippen LogP contribution in [-0.2, 0) is 13.0 Å². The lowest BCUT2D eigenvalue weighted by molar-refractivity contribution is 0.0693. The van der Waals surface area contributed by atoms with Crippen LogP contribution in [0.25, 0.3) is 0 Å². The lowest BCUT2D eigenvalue weighted by Gasteiger charge is -2.31. The monoisotopic (exact) mass is 410 g/mol. The number of benzene rings is 2. The van der Waals surface area contributed by atoms with Gasteiger partial charge in [0.15, 0.2) is 5.89 Å². The minimum atomic E-state index is -0.882. The van der Waals surface area contributed by atoms with E-state index < -0.39 is 5.97 Å². The van der Waals surface area contributed by atoms with Crippen LogP contribution in [0.1, 0.15) is 51.9 Å². The number of carboxylic acid groups (broad SMARTS) is 1. The first kappa shape index (κ1) is 19.7. The molecule has 1 atom stereocenters. The molecule has 150 valence electrons. The number of likely N-dealkylation sites (tertiary alicyclic amines) is 1. The second kappa shape index (κ2) is 8.80. The second-order valence-corrected chi connectivity index (χ2v) is 7.94. The summed E-state index contributed by atoms with van der Waals surface area (Å²) in [5.74, 6) is 0.926. The van der Waals surface area contributed by atoms with Gasteiger partial charge in [-0.25, -0.2) is 9.78 Å². The quantitative estimate of drug-likeness (QED) is 0.619. The molecular formula is C23H23ClN2O3. The van der Waals surface area contributed by atoms with E-state index in [0.717, 1.165) is 48.7 Å². The van der Waals surface area contributed by atoms with Gasteiger partial charge in [-0.05, 0) is 48.7 Å². The molecule has 5 nitrogen and oxygen atoms in total. The van der Waals surface area contributed by atoms with E-state index in [1.165, 1.54) is 0 Å². The Morgan fingerprint density at radius 3 is 2.93 bits per heavy atom. The third-order valence-electron chi connectivity index (χ3n) is 5.34. The molecule has 3 aromatic rings. The first-order valence-corrected chi connectivity index (χ1v) is 10.2. The smallest absolute Gasteiger partial charge is 0.336 e. The van der Waals surface area contributed by atoms with Crippen LogP contribution in [-0.4, -0.2) is 34.0 Å². The number of nitrogens with zero attached hydrogens (tertiary/aromatic N) is 2. The summed E-state index contributed by atoms with van der Waals surface area (Å²) in [6, 6.07) is 15.0. The van der Waals surface area contributed by atoms with E-state index >= 15 is 0 Å². The molecule has 0 bridgehead atoms. The maximum absolute atomic E-state index is 11.5. The Labute approximate surface area is 174 Å². The number of carbonyl (C=O) groups is 1. The first-order chi connectivity index (χ1) is 14.1. The zero-order chi connectivity index (χ0) is 20.2. The van der Waals surface area contributed by atoms with Crippen molar-refractivity contribution in [1.82, 2.24) is 9.88 Å². The van der Waals surface area contributed by atoms with Gasteiger partial charge in [0.05, 0.1) is 11.8 Å². The number of aromatic nitrogens is 1. The Hall–Kier alpha value is -2.63. The highest BCUT2D eigenvalue weighted by Crippen LogP contribution is 2.28. The molecule has 6 heteroatoms. The Morgan fingerprint density at radius 1 is 1.24 bits per heavy atom. The van der Waals surface area contributed by atoms with Crippen molar-refractivity contribution in [2.45, 2.75) is 31.7 Å². The summed E-state index contributed by atoms with van der Waals surface area (Å²) < 4.78 is 6.05. The van der Waals surface area contributed by atoms with Crippen LogP contribution in [0.2, 0.25) is 5.02 Å². The number of carboxylic acids is 1. The Balaban J connectivity index is 1.43. The molecule has 0 amide bonds. The summed E-state index contributed by atoms with van der Waals surface area (Å²) in [5.41, 5.74) is 2.31. The summed E-state index contributed by atoms with van der Waals surface area (Å²) in [5, 5.41) is 10.1. The molecule has 1 aliphatic rings. The third-order valence-corrected chi connectivity index (χ3v) is 5.57. The Morgan fingerprint density at radius 2 is 2.10 bits per heavy atom. The lowest BCUT2D eigenvalue weighted by Crippen LogP contribution is -2.34. The van der Waals surface area contributed by atoms with Crippen molar-refractivity contribution in [1.29, 1.82) is 0 Å². The van der Waals surface area contributed by atoms with Crippen LogP contribution in [0.15, 0.2) is 59.1 Å². The van der Waals surface area contributed by atoms with Gasteiger partial charge in [0.2, 0.25) is 0 Å². The minimum absolute atomic E-state index is 0.217. The zero-order valence-corrected chi connectivity index (χ0v) is 16.8. The fourth-order valence-corrected chi connectivity index (χ4v) is 4.16. The van der Waals surface area contributed by atoms with Crippen LogP contribution in [0.3, 0.4) is 0 Å². The maximum atomic E-state index is 11.5. The summed E-state index contributed by atoms with van der Waals surface area (Å²) in [6.45, 7) is 2.38. The molecule has 0 unspecified atom stereocenters. The molecule has 1 aliphatic heterocycles. The Kier molecular flexibility index (Phi) is 5.97. The van der Waals surface area contributed by atoms with Crippen molar-refractivity contribution in [3.63, 3.8) is 0 Å². The molecule has 0 radical (unpaired) electrons. The van der Waals surface area contributed by atoms with E-state index in [9.17, 15) is 9.90 Å².